The Morgan fingerprint density at radius 3 is 1.95 bits per heavy atom. The lowest BCUT2D eigenvalue weighted by Gasteiger charge is -2.18. The summed E-state index contributed by atoms with van der Waals surface area (Å²) in [4.78, 5) is 4.10. The van der Waals surface area contributed by atoms with Gasteiger partial charge in [0.15, 0.2) is 5.82 Å². The number of aromatic amines is 1. The Kier molecular flexibility index (Phi) is 6.65. The zero-order valence-electron chi connectivity index (χ0n) is 13.5. The predicted octanol–water partition coefficient (Wildman–Crippen LogP) is 2.17. The molecule has 0 aliphatic heterocycles. The number of rotatable bonds is 1. The van der Waals surface area contributed by atoms with E-state index in [2.05, 4.69) is 51.7 Å². The first-order chi connectivity index (χ1) is 8.60. The van der Waals surface area contributed by atoms with E-state index in [1.165, 1.54) is 0 Å². The van der Waals surface area contributed by atoms with Crippen molar-refractivity contribution in [3.05, 3.63) is 5.82 Å². The van der Waals surface area contributed by atoms with Gasteiger partial charge in [-0.1, -0.05) is 46.8 Å². The van der Waals surface area contributed by atoms with E-state index in [9.17, 15) is 0 Å². The van der Waals surface area contributed by atoms with Crippen LogP contribution in [0, 0.1) is 5.41 Å². The van der Waals surface area contributed by atoms with E-state index in [0.29, 0.717) is 5.41 Å². The molecular weight excluding hydrogens is 240 g/mol. The summed E-state index contributed by atoms with van der Waals surface area (Å²) in [6.45, 7) is 12.7. The summed E-state index contributed by atoms with van der Waals surface area (Å²) >= 11 is 0. The second kappa shape index (κ2) is 7.21. The number of H-pyrrole nitrogens is 1. The summed E-state index contributed by atoms with van der Waals surface area (Å²) in [5.74, 6) is 1.83. The maximum atomic E-state index is 4.10. The average Bonchev–Trinajstić information content (AvgIpc) is 2.78. The Balaban J connectivity index is 0.000000342. The summed E-state index contributed by atoms with van der Waals surface area (Å²) < 4.78 is 0. The third kappa shape index (κ3) is 8.29. The number of hydrogen-bond acceptors (Lipinski definition) is 4. The van der Waals surface area contributed by atoms with E-state index in [0.717, 1.165) is 18.1 Å². The molecule has 0 aliphatic rings. The highest BCUT2D eigenvalue weighted by molar-refractivity contribution is 5.82. The van der Waals surface area contributed by atoms with Crippen LogP contribution in [0.1, 0.15) is 53.8 Å². The highest BCUT2D eigenvalue weighted by atomic mass is 15.5. The van der Waals surface area contributed by atoms with Gasteiger partial charge in [0.2, 0.25) is 0 Å². The van der Waals surface area contributed by atoms with E-state index in [4.69, 9.17) is 0 Å². The highest BCUT2D eigenvalue weighted by Crippen LogP contribution is 2.18. The topological polar surface area (TPSA) is 78.8 Å². The molecule has 0 saturated carbocycles. The molecule has 1 heterocycles. The van der Waals surface area contributed by atoms with Gasteiger partial charge >= 0.3 is 0 Å². The van der Waals surface area contributed by atoms with Crippen LogP contribution in [0.2, 0.25) is 0 Å². The maximum Gasteiger partial charge on any atom is 0.179 e. The first-order valence-electron chi connectivity index (χ1n) is 6.47. The quantitative estimate of drug-likeness (QED) is 0.604. The van der Waals surface area contributed by atoms with Crippen LogP contribution in [-0.2, 0) is 5.41 Å². The highest BCUT2D eigenvalue weighted by Gasteiger charge is 2.17. The number of aliphatic imine (C=N–C) groups is 1. The maximum absolute atomic E-state index is 4.10. The molecule has 19 heavy (non-hydrogen) atoms. The molecule has 0 atom stereocenters. The lowest BCUT2D eigenvalue weighted by atomic mass is 9.92. The molecule has 1 rings (SSSR count). The van der Waals surface area contributed by atoms with Gasteiger partial charge in [-0.2, -0.15) is 5.21 Å². The molecule has 1 aromatic heterocycles. The Bertz CT molecular complexity index is 367. The summed E-state index contributed by atoms with van der Waals surface area (Å²) in [5.41, 5.74) is 0.338. The minimum Gasteiger partial charge on any atom is -0.377 e. The molecule has 1 aromatic rings. The standard InChI is InChI=1S/C8H18N2.C5H10N4/c1-8(2,3)6-7(9-4)10-5;1-5(2,3)4-6-8-9-7-4/h6H2,1-5H3,(H,9,10);1-3H3,(H,6,7,8,9). The summed E-state index contributed by atoms with van der Waals surface area (Å²) in [6.07, 6.45) is 1.01. The summed E-state index contributed by atoms with van der Waals surface area (Å²) in [5, 5.41) is 16.6. The molecule has 6 nitrogen and oxygen atoms in total. The van der Waals surface area contributed by atoms with Crippen LogP contribution >= 0.6 is 0 Å². The molecule has 0 amide bonds. The molecule has 0 bridgehead atoms. The van der Waals surface area contributed by atoms with Crippen molar-refractivity contribution >= 4 is 5.84 Å². The van der Waals surface area contributed by atoms with Crippen molar-refractivity contribution in [2.24, 2.45) is 10.4 Å². The SMILES string of the molecule is CC(C)(C)c1nn[nH]n1.CN=C(CC(C)(C)C)NC. The van der Waals surface area contributed by atoms with Crippen molar-refractivity contribution < 1.29 is 0 Å². The van der Waals surface area contributed by atoms with Gasteiger partial charge in [-0.05, 0) is 5.41 Å². The number of aromatic nitrogens is 4. The number of nitrogens with one attached hydrogen (secondary N) is 2. The van der Waals surface area contributed by atoms with Crippen molar-refractivity contribution in [3.63, 3.8) is 0 Å². The number of hydrogen-bond donors (Lipinski definition) is 2. The van der Waals surface area contributed by atoms with Crippen molar-refractivity contribution in [1.29, 1.82) is 0 Å². The molecule has 0 fully saturated rings. The van der Waals surface area contributed by atoms with Gasteiger partial charge in [0.05, 0.1) is 5.84 Å². The molecule has 0 aromatic carbocycles. The number of tetrazole rings is 1. The zero-order valence-corrected chi connectivity index (χ0v) is 13.5. The lowest BCUT2D eigenvalue weighted by Crippen LogP contribution is -2.24. The second-order valence-corrected chi connectivity index (χ2v) is 6.64. The van der Waals surface area contributed by atoms with Crippen LogP contribution in [0.4, 0.5) is 0 Å². The van der Waals surface area contributed by atoms with Crippen LogP contribution in [0.15, 0.2) is 4.99 Å². The van der Waals surface area contributed by atoms with Crippen LogP contribution in [0.25, 0.3) is 0 Å². The molecule has 0 aliphatic carbocycles. The van der Waals surface area contributed by atoms with Crippen LogP contribution in [0.5, 0.6) is 0 Å². The van der Waals surface area contributed by atoms with Crippen molar-refractivity contribution in [2.45, 2.75) is 53.4 Å². The van der Waals surface area contributed by atoms with Gasteiger partial charge < -0.3 is 5.32 Å². The van der Waals surface area contributed by atoms with Crippen LogP contribution in [-0.4, -0.2) is 40.6 Å². The van der Waals surface area contributed by atoms with Crippen LogP contribution < -0.4 is 5.32 Å². The average molecular weight is 268 g/mol. The predicted molar refractivity (Wildman–Crippen MR) is 79.4 cm³/mol. The lowest BCUT2D eigenvalue weighted by molar-refractivity contribution is 0.430. The Labute approximate surface area is 116 Å². The molecule has 0 saturated heterocycles. The van der Waals surface area contributed by atoms with Crippen molar-refractivity contribution in [3.8, 4) is 0 Å². The summed E-state index contributed by atoms with van der Waals surface area (Å²) in [6, 6.07) is 0. The minimum atomic E-state index is 0.00694. The molecule has 2 N–H and O–H groups in total. The molecule has 0 radical (unpaired) electrons. The molecule has 0 spiro atoms. The fourth-order valence-corrected chi connectivity index (χ4v) is 1.26. The first-order valence-corrected chi connectivity index (χ1v) is 6.47. The smallest absolute Gasteiger partial charge is 0.179 e. The fraction of sp³-hybridized carbons (Fsp3) is 0.846. The van der Waals surface area contributed by atoms with Gasteiger partial charge in [-0.3, -0.25) is 4.99 Å². The van der Waals surface area contributed by atoms with E-state index in [1.54, 1.807) is 0 Å². The molecule has 6 heteroatoms. The monoisotopic (exact) mass is 268 g/mol. The Morgan fingerprint density at radius 1 is 1.21 bits per heavy atom. The van der Waals surface area contributed by atoms with Crippen molar-refractivity contribution in [1.82, 2.24) is 25.9 Å². The molecule has 110 valence electrons. The Hall–Kier alpha value is -1.46. The third-order valence-electron chi connectivity index (χ3n) is 2.27. The van der Waals surface area contributed by atoms with Gasteiger partial charge in [-0.25, -0.2) is 0 Å². The van der Waals surface area contributed by atoms with Gasteiger partial charge in [0.1, 0.15) is 0 Å². The third-order valence-corrected chi connectivity index (χ3v) is 2.27. The first kappa shape index (κ1) is 17.5. The molecule has 0 unspecified atom stereocenters. The van der Waals surface area contributed by atoms with Gasteiger partial charge in [0, 0.05) is 25.9 Å². The van der Waals surface area contributed by atoms with Crippen LogP contribution in [0.3, 0.4) is 0 Å². The van der Waals surface area contributed by atoms with E-state index in [-0.39, 0.29) is 5.41 Å². The Morgan fingerprint density at radius 2 is 1.79 bits per heavy atom. The van der Waals surface area contributed by atoms with E-state index in [1.807, 2.05) is 34.9 Å². The number of nitrogens with zero attached hydrogens (tertiary/aromatic N) is 4. The normalized spacial score (nSPS) is 12.7. The van der Waals surface area contributed by atoms with Gasteiger partial charge in [0.25, 0.3) is 0 Å². The van der Waals surface area contributed by atoms with Crippen molar-refractivity contribution in [2.75, 3.05) is 14.1 Å². The van der Waals surface area contributed by atoms with E-state index < -0.39 is 0 Å². The minimum absolute atomic E-state index is 0.00694. The largest absolute Gasteiger partial charge is 0.377 e. The second-order valence-electron chi connectivity index (χ2n) is 6.64. The van der Waals surface area contributed by atoms with E-state index >= 15 is 0 Å². The number of amidine groups is 1. The fourth-order valence-electron chi connectivity index (χ4n) is 1.26. The molecular formula is C13H28N6. The zero-order chi connectivity index (χ0) is 15.1. The summed E-state index contributed by atoms with van der Waals surface area (Å²) in [7, 11) is 3.73. The van der Waals surface area contributed by atoms with Gasteiger partial charge in [-0.15, -0.1) is 10.2 Å².